The molecule has 1 aromatic carbocycles. The van der Waals surface area contributed by atoms with Crippen LogP contribution in [0.2, 0.25) is 0 Å². The molecule has 1 fully saturated rings. The zero-order chi connectivity index (χ0) is 18.6. The van der Waals surface area contributed by atoms with Gasteiger partial charge in [-0.05, 0) is 18.9 Å². The maximum absolute atomic E-state index is 12.4. The maximum atomic E-state index is 12.4. The monoisotopic (exact) mass is 404 g/mol. The second kappa shape index (κ2) is 8.12. The van der Waals surface area contributed by atoms with Crippen LogP contribution in [0.5, 0.6) is 5.75 Å². The van der Waals surface area contributed by atoms with Gasteiger partial charge in [0.15, 0.2) is 4.34 Å². The standard InChI is InChI=1S/C15H15F3N4O2S2/c16-15(17,18)24-11-4-2-1-3-9(11)7-19-12(23)8-25-14-22-21-13(26-14)20-10-5-6-10/h1-4,10H,5-8H2,(H,19,23)(H,20,21). The van der Waals surface area contributed by atoms with E-state index in [4.69, 9.17) is 0 Å². The number of halogens is 3. The number of aromatic nitrogens is 2. The van der Waals surface area contributed by atoms with Crippen molar-refractivity contribution in [2.24, 2.45) is 0 Å². The van der Waals surface area contributed by atoms with E-state index in [1.165, 1.54) is 41.3 Å². The number of anilines is 1. The Morgan fingerprint density at radius 3 is 2.81 bits per heavy atom. The first-order valence-electron chi connectivity index (χ1n) is 7.72. The van der Waals surface area contributed by atoms with Crippen LogP contribution in [0.1, 0.15) is 18.4 Å². The van der Waals surface area contributed by atoms with Gasteiger partial charge in [0.25, 0.3) is 0 Å². The number of carbonyl (C=O) groups excluding carboxylic acids is 1. The van der Waals surface area contributed by atoms with Crippen molar-refractivity contribution in [1.29, 1.82) is 0 Å². The Morgan fingerprint density at radius 1 is 1.31 bits per heavy atom. The summed E-state index contributed by atoms with van der Waals surface area (Å²) in [5.74, 6) is -0.544. The Morgan fingerprint density at radius 2 is 2.08 bits per heavy atom. The van der Waals surface area contributed by atoms with Crippen molar-refractivity contribution in [1.82, 2.24) is 15.5 Å². The molecule has 1 aliphatic carbocycles. The number of nitrogens with one attached hydrogen (secondary N) is 2. The van der Waals surface area contributed by atoms with Gasteiger partial charge in [0.1, 0.15) is 5.75 Å². The lowest BCUT2D eigenvalue weighted by Gasteiger charge is -2.13. The molecule has 1 aromatic heterocycles. The second-order valence-electron chi connectivity index (χ2n) is 5.51. The number of rotatable bonds is 8. The molecule has 0 radical (unpaired) electrons. The minimum Gasteiger partial charge on any atom is -0.405 e. The number of benzene rings is 1. The summed E-state index contributed by atoms with van der Waals surface area (Å²) in [6, 6.07) is 6.16. The third kappa shape index (κ3) is 6.06. The molecule has 26 heavy (non-hydrogen) atoms. The van der Waals surface area contributed by atoms with Gasteiger partial charge >= 0.3 is 6.36 Å². The fraction of sp³-hybridized carbons (Fsp3) is 0.400. The van der Waals surface area contributed by atoms with Crippen molar-refractivity contribution >= 4 is 34.1 Å². The number of amides is 1. The molecule has 2 aromatic rings. The van der Waals surface area contributed by atoms with Gasteiger partial charge < -0.3 is 15.4 Å². The normalized spacial score (nSPS) is 14.1. The van der Waals surface area contributed by atoms with E-state index in [9.17, 15) is 18.0 Å². The van der Waals surface area contributed by atoms with Crippen LogP contribution in [-0.2, 0) is 11.3 Å². The smallest absolute Gasteiger partial charge is 0.405 e. The number of hydrogen-bond acceptors (Lipinski definition) is 7. The van der Waals surface area contributed by atoms with Gasteiger partial charge in [-0.1, -0.05) is 41.3 Å². The number of alkyl halides is 3. The average molecular weight is 404 g/mol. The van der Waals surface area contributed by atoms with Crippen LogP contribution in [-0.4, -0.2) is 34.3 Å². The van der Waals surface area contributed by atoms with Gasteiger partial charge in [0, 0.05) is 18.2 Å². The molecule has 1 amide bonds. The molecule has 6 nitrogen and oxygen atoms in total. The minimum atomic E-state index is -4.78. The summed E-state index contributed by atoms with van der Waals surface area (Å²) in [7, 11) is 0. The highest BCUT2D eigenvalue weighted by Crippen LogP contribution is 2.30. The fourth-order valence-corrected chi connectivity index (χ4v) is 3.63. The molecule has 0 aliphatic heterocycles. The Hall–Kier alpha value is -2.01. The summed E-state index contributed by atoms with van der Waals surface area (Å²) in [6.07, 6.45) is -2.52. The van der Waals surface area contributed by atoms with Crippen molar-refractivity contribution in [3.8, 4) is 5.75 Å². The van der Waals surface area contributed by atoms with Gasteiger partial charge in [0.2, 0.25) is 11.0 Å². The third-order valence-electron chi connectivity index (χ3n) is 3.31. The maximum Gasteiger partial charge on any atom is 0.573 e. The SMILES string of the molecule is O=C(CSc1nnc(NC2CC2)s1)NCc1ccccc1OC(F)(F)F. The molecular weight excluding hydrogens is 389 g/mol. The summed E-state index contributed by atoms with van der Waals surface area (Å²) < 4.78 is 41.8. The first kappa shape index (κ1) is 18.8. The quantitative estimate of drug-likeness (QED) is 0.657. The lowest BCUT2D eigenvalue weighted by atomic mass is 10.2. The lowest BCUT2D eigenvalue weighted by molar-refractivity contribution is -0.274. The summed E-state index contributed by atoms with van der Waals surface area (Å²) >= 11 is 2.60. The molecule has 0 bridgehead atoms. The predicted molar refractivity (Wildman–Crippen MR) is 92.2 cm³/mol. The van der Waals surface area contributed by atoms with E-state index < -0.39 is 6.36 Å². The molecule has 0 saturated heterocycles. The Balaban J connectivity index is 1.46. The Bertz CT molecular complexity index is 765. The average Bonchev–Trinajstić information content (AvgIpc) is 3.27. The molecule has 0 spiro atoms. The van der Waals surface area contributed by atoms with Crippen molar-refractivity contribution in [3.05, 3.63) is 29.8 Å². The van der Waals surface area contributed by atoms with E-state index in [0.29, 0.717) is 10.4 Å². The van der Waals surface area contributed by atoms with E-state index in [1.54, 1.807) is 6.07 Å². The van der Waals surface area contributed by atoms with E-state index in [2.05, 4.69) is 25.6 Å². The molecule has 1 saturated carbocycles. The number of para-hydroxylation sites is 1. The molecule has 0 atom stereocenters. The van der Waals surface area contributed by atoms with Crippen LogP contribution in [0, 0.1) is 0 Å². The number of carbonyl (C=O) groups is 1. The number of ether oxygens (including phenoxy) is 1. The van der Waals surface area contributed by atoms with Crippen molar-refractivity contribution in [2.45, 2.75) is 36.1 Å². The van der Waals surface area contributed by atoms with Gasteiger partial charge in [-0.3, -0.25) is 4.79 Å². The summed E-state index contributed by atoms with van der Waals surface area (Å²) in [4.78, 5) is 11.9. The van der Waals surface area contributed by atoms with Crippen LogP contribution in [0.4, 0.5) is 18.3 Å². The molecule has 1 aliphatic rings. The highest BCUT2D eigenvalue weighted by Gasteiger charge is 2.32. The van der Waals surface area contributed by atoms with Crippen molar-refractivity contribution in [3.63, 3.8) is 0 Å². The van der Waals surface area contributed by atoms with E-state index in [1.807, 2.05) is 0 Å². The van der Waals surface area contributed by atoms with Crippen LogP contribution in [0.25, 0.3) is 0 Å². The summed E-state index contributed by atoms with van der Waals surface area (Å²) in [5, 5.41) is 14.5. The van der Waals surface area contributed by atoms with E-state index >= 15 is 0 Å². The Kier molecular flexibility index (Phi) is 5.87. The van der Waals surface area contributed by atoms with Crippen LogP contribution in [0.3, 0.4) is 0 Å². The zero-order valence-corrected chi connectivity index (χ0v) is 15.0. The second-order valence-corrected chi connectivity index (χ2v) is 7.71. The van der Waals surface area contributed by atoms with Gasteiger partial charge in [0.05, 0.1) is 5.75 Å². The van der Waals surface area contributed by atoms with Crippen LogP contribution in [0.15, 0.2) is 28.6 Å². The number of hydrogen-bond donors (Lipinski definition) is 2. The molecule has 2 N–H and O–H groups in total. The number of nitrogens with zero attached hydrogens (tertiary/aromatic N) is 2. The van der Waals surface area contributed by atoms with Gasteiger partial charge in [-0.2, -0.15) is 0 Å². The first-order chi connectivity index (χ1) is 12.4. The zero-order valence-electron chi connectivity index (χ0n) is 13.4. The molecular formula is C15H15F3N4O2S2. The largest absolute Gasteiger partial charge is 0.573 e. The van der Waals surface area contributed by atoms with E-state index in [0.717, 1.165) is 18.0 Å². The van der Waals surface area contributed by atoms with Crippen LogP contribution >= 0.6 is 23.1 Å². The van der Waals surface area contributed by atoms with E-state index in [-0.39, 0.29) is 29.5 Å². The molecule has 3 rings (SSSR count). The summed E-state index contributed by atoms with van der Waals surface area (Å²) in [6.45, 7) is -0.0593. The molecule has 140 valence electrons. The predicted octanol–water partition coefficient (Wildman–Crippen LogP) is 3.42. The summed E-state index contributed by atoms with van der Waals surface area (Å²) in [5.41, 5.74) is 0.245. The molecule has 1 heterocycles. The highest BCUT2D eigenvalue weighted by molar-refractivity contribution is 8.01. The Labute approximate surface area is 155 Å². The van der Waals surface area contributed by atoms with Gasteiger partial charge in [-0.15, -0.1) is 23.4 Å². The first-order valence-corrected chi connectivity index (χ1v) is 9.52. The third-order valence-corrected chi connectivity index (χ3v) is 5.30. The fourth-order valence-electron chi connectivity index (χ4n) is 1.97. The lowest BCUT2D eigenvalue weighted by Crippen LogP contribution is -2.25. The molecule has 0 unspecified atom stereocenters. The minimum absolute atomic E-state index is 0.0593. The molecule has 11 heteroatoms. The van der Waals surface area contributed by atoms with Crippen molar-refractivity contribution < 1.29 is 22.7 Å². The van der Waals surface area contributed by atoms with Crippen LogP contribution < -0.4 is 15.4 Å². The topological polar surface area (TPSA) is 76.1 Å². The van der Waals surface area contributed by atoms with Gasteiger partial charge in [-0.25, -0.2) is 0 Å². The number of thioether (sulfide) groups is 1. The van der Waals surface area contributed by atoms with Crippen molar-refractivity contribution in [2.75, 3.05) is 11.1 Å². The highest BCUT2D eigenvalue weighted by atomic mass is 32.2.